The van der Waals surface area contributed by atoms with Gasteiger partial charge in [0.25, 0.3) is 5.56 Å². The van der Waals surface area contributed by atoms with E-state index in [1.165, 1.54) is 5.56 Å². The molecule has 7 nitrogen and oxygen atoms in total. The number of para-hydroxylation sites is 1. The van der Waals surface area contributed by atoms with Crippen LogP contribution in [0.5, 0.6) is 5.75 Å². The van der Waals surface area contributed by atoms with Crippen molar-refractivity contribution in [2.75, 3.05) is 33.3 Å². The van der Waals surface area contributed by atoms with Gasteiger partial charge in [-0.1, -0.05) is 30.7 Å². The highest BCUT2D eigenvalue weighted by atomic mass is 32.1. The number of benzene rings is 2. The van der Waals surface area contributed by atoms with Gasteiger partial charge in [0.1, 0.15) is 5.75 Å². The van der Waals surface area contributed by atoms with Gasteiger partial charge in [0, 0.05) is 45.7 Å². The smallest absolute Gasteiger partial charge is 0.262 e. The van der Waals surface area contributed by atoms with Crippen LogP contribution in [0.15, 0.2) is 53.3 Å². The lowest BCUT2D eigenvalue weighted by molar-refractivity contribution is -0.133. The molecule has 4 rings (SSSR count). The van der Waals surface area contributed by atoms with Crippen molar-refractivity contribution in [3.63, 3.8) is 0 Å². The maximum Gasteiger partial charge on any atom is 0.262 e. The highest BCUT2D eigenvalue weighted by molar-refractivity contribution is 7.71. The molecule has 180 valence electrons. The van der Waals surface area contributed by atoms with Crippen LogP contribution in [0.3, 0.4) is 0 Å². The van der Waals surface area contributed by atoms with Gasteiger partial charge in [-0.05, 0) is 54.9 Å². The van der Waals surface area contributed by atoms with Crippen molar-refractivity contribution < 1.29 is 9.53 Å². The van der Waals surface area contributed by atoms with Crippen LogP contribution in [0.2, 0.25) is 0 Å². The third kappa shape index (κ3) is 5.93. The molecule has 0 spiro atoms. The number of hydrogen-bond donors (Lipinski definition) is 1. The molecule has 1 aromatic heterocycles. The van der Waals surface area contributed by atoms with Gasteiger partial charge in [-0.3, -0.25) is 19.1 Å². The van der Waals surface area contributed by atoms with Crippen molar-refractivity contribution in [1.82, 2.24) is 19.4 Å². The van der Waals surface area contributed by atoms with Gasteiger partial charge < -0.3 is 14.6 Å². The number of unbranched alkanes of at least 4 members (excludes halogenated alkanes) is 2. The van der Waals surface area contributed by atoms with Crippen LogP contribution < -0.4 is 10.3 Å². The molecule has 1 N–H and O–H groups in total. The predicted octanol–water partition coefficient (Wildman–Crippen LogP) is 3.97. The van der Waals surface area contributed by atoms with Crippen LogP contribution in [0.25, 0.3) is 10.9 Å². The number of fused-ring (bicyclic) bond motifs is 1. The number of H-pyrrole nitrogens is 1. The summed E-state index contributed by atoms with van der Waals surface area (Å²) in [6.07, 6.45) is 3.08. The molecule has 1 aliphatic rings. The first-order chi connectivity index (χ1) is 16.5. The van der Waals surface area contributed by atoms with E-state index in [0.717, 1.165) is 63.3 Å². The Bertz CT molecular complexity index is 1230. The fourth-order valence-electron chi connectivity index (χ4n) is 4.43. The second-order valence-electron chi connectivity index (χ2n) is 8.75. The summed E-state index contributed by atoms with van der Waals surface area (Å²) in [6.45, 7) is 4.79. The van der Waals surface area contributed by atoms with Crippen LogP contribution in [-0.4, -0.2) is 58.5 Å². The maximum atomic E-state index is 12.7. The SMILES string of the molecule is COc1ccc(CN2CCN(C(=O)CCCCCn3c(=S)[nH]c4ccccc4c3=O)CC2)cc1. The van der Waals surface area contributed by atoms with E-state index >= 15 is 0 Å². The third-order valence-electron chi connectivity index (χ3n) is 6.45. The first-order valence-corrected chi connectivity index (χ1v) is 12.3. The van der Waals surface area contributed by atoms with E-state index in [2.05, 4.69) is 22.0 Å². The lowest BCUT2D eigenvalue weighted by atomic mass is 10.1. The van der Waals surface area contributed by atoms with E-state index in [9.17, 15) is 9.59 Å². The average Bonchev–Trinajstić information content (AvgIpc) is 2.86. The van der Waals surface area contributed by atoms with E-state index in [1.54, 1.807) is 11.7 Å². The summed E-state index contributed by atoms with van der Waals surface area (Å²) >= 11 is 5.37. The zero-order valence-electron chi connectivity index (χ0n) is 19.7. The first kappa shape index (κ1) is 24.2. The van der Waals surface area contributed by atoms with Gasteiger partial charge in [0.2, 0.25) is 5.91 Å². The van der Waals surface area contributed by atoms with Gasteiger partial charge in [-0.15, -0.1) is 0 Å². The molecule has 1 amide bonds. The number of piperazine rings is 1. The molecular weight excluding hydrogens is 448 g/mol. The summed E-state index contributed by atoms with van der Waals surface area (Å²) in [4.78, 5) is 32.8. The summed E-state index contributed by atoms with van der Waals surface area (Å²) in [5, 5.41) is 0.650. The second kappa shape index (κ2) is 11.4. The summed E-state index contributed by atoms with van der Waals surface area (Å²) < 4.78 is 7.29. The molecule has 0 aliphatic carbocycles. The van der Waals surface area contributed by atoms with Gasteiger partial charge >= 0.3 is 0 Å². The molecule has 1 aliphatic heterocycles. The average molecular weight is 481 g/mol. The number of carbonyl (C=O) groups is 1. The monoisotopic (exact) mass is 480 g/mol. The maximum absolute atomic E-state index is 12.7. The Morgan fingerprint density at radius 2 is 1.74 bits per heavy atom. The molecule has 34 heavy (non-hydrogen) atoms. The number of ether oxygens (including phenoxy) is 1. The predicted molar refractivity (Wildman–Crippen MR) is 137 cm³/mol. The van der Waals surface area contributed by atoms with Crippen molar-refractivity contribution in [3.8, 4) is 5.75 Å². The first-order valence-electron chi connectivity index (χ1n) is 11.9. The number of methoxy groups -OCH3 is 1. The lowest BCUT2D eigenvalue weighted by Crippen LogP contribution is -2.48. The van der Waals surface area contributed by atoms with Crippen LogP contribution in [0.4, 0.5) is 0 Å². The van der Waals surface area contributed by atoms with Crippen LogP contribution in [0.1, 0.15) is 31.2 Å². The molecule has 2 aromatic carbocycles. The zero-order chi connectivity index (χ0) is 23.9. The lowest BCUT2D eigenvalue weighted by Gasteiger charge is -2.34. The highest BCUT2D eigenvalue weighted by Crippen LogP contribution is 2.15. The van der Waals surface area contributed by atoms with E-state index in [-0.39, 0.29) is 11.5 Å². The third-order valence-corrected chi connectivity index (χ3v) is 6.77. The van der Waals surface area contributed by atoms with Crippen molar-refractivity contribution in [2.24, 2.45) is 0 Å². The molecule has 0 radical (unpaired) electrons. The van der Waals surface area contributed by atoms with Gasteiger partial charge in [0.15, 0.2) is 4.77 Å². The standard InChI is InChI=1S/C26H32N4O3S/c1-33-21-12-10-20(11-13-21)19-28-15-17-29(18-16-28)24(31)9-3-2-6-14-30-25(32)22-7-4-5-8-23(22)27-26(30)34/h4-5,7-8,10-13H,2-3,6,9,14-19H2,1H3,(H,27,34). The van der Waals surface area contributed by atoms with Gasteiger partial charge in [-0.2, -0.15) is 0 Å². The number of nitrogens with one attached hydrogen (secondary N) is 1. The van der Waals surface area contributed by atoms with Crippen molar-refractivity contribution in [1.29, 1.82) is 0 Å². The molecule has 2 heterocycles. The summed E-state index contributed by atoms with van der Waals surface area (Å²) in [5.74, 6) is 1.09. The second-order valence-corrected chi connectivity index (χ2v) is 9.13. The number of hydrogen-bond acceptors (Lipinski definition) is 5. The van der Waals surface area contributed by atoms with E-state index in [1.807, 2.05) is 41.3 Å². The Hall–Kier alpha value is -2.97. The quantitative estimate of drug-likeness (QED) is 0.371. The molecule has 8 heteroatoms. The number of carbonyl (C=O) groups excluding carboxylic acids is 1. The van der Waals surface area contributed by atoms with Crippen LogP contribution in [0, 0.1) is 4.77 Å². The number of nitrogens with zero attached hydrogens (tertiary/aromatic N) is 3. The molecule has 0 bridgehead atoms. The topological polar surface area (TPSA) is 70.6 Å². The Morgan fingerprint density at radius 1 is 1.00 bits per heavy atom. The van der Waals surface area contributed by atoms with E-state index in [4.69, 9.17) is 17.0 Å². The van der Waals surface area contributed by atoms with Crippen molar-refractivity contribution >= 4 is 29.0 Å². The molecule has 0 unspecified atom stereocenters. The fourth-order valence-corrected chi connectivity index (χ4v) is 4.71. The molecule has 3 aromatic rings. The minimum absolute atomic E-state index is 0.0528. The minimum Gasteiger partial charge on any atom is -0.497 e. The summed E-state index contributed by atoms with van der Waals surface area (Å²) in [7, 11) is 1.67. The largest absolute Gasteiger partial charge is 0.497 e. The van der Waals surface area contributed by atoms with Crippen molar-refractivity contribution in [3.05, 3.63) is 69.2 Å². The van der Waals surface area contributed by atoms with Crippen LogP contribution in [-0.2, 0) is 17.9 Å². The van der Waals surface area contributed by atoms with Crippen LogP contribution >= 0.6 is 12.2 Å². The Labute approximate surface area is 205 Å². The summed E-state index contributed by atoms with van der Waals surface area (Å²) in [6, 6.07) is 15.6. The van der Waals surface area contributed by atoms with Gasteiger partial charge in [-0.25, -0.2) is 0 Å². The van der Waals surface area contributed by atoms with E-state index < -0.39 is 0 Å². The minimum atomic E-state index is -0.0528. The summed E-state index contributed by atoms with van der Waals surface area (Å²) in [5.41, 5.74) is 1.97. The van der Waals surface area contributed by atoms with Crippen molar-refractivity contribution in [2.45, 2.75) is 38.8 Å². The Morgan fingerprint density at radius 3 is 2.47 bits per heavy atom. The van der Waals surface area contributed by atoms with Gasteiger partial charge in [0.05, 0.1) is 18.0 Å². The number of aromatic amines is 1. The number of rotatable bonds is 9. The number of aromatic nitrogens is 2. The molecular formula is C26H32N4O3S. The number of amides is 1. The Kier molecular flexibility index (Phi) is 8.13. The normalized spacial score (nSPS) is 14.4. The molecule has 1 fully saturated rings. The molecule has 0 atom stereocenters. The highest BCUT2D eigenvalue weighted by Gasteiger charge is 2.20. The Balaban J connectivity index is 1.17. The molecule has 1 saturated heterocycles. The zero-order valence-corrected chi connectivity index (χ0v) is 20.5. The fraction of sp³-hybridized carbons (Fsp3) is 0.423. The van der Waals surface area contributed by atoms with E-state index in [0.29, 0.717) is 23.1 Å². The molecule has 0 saturated carbocycles.